The van der Waals surface area contributed by atoms with Gasteiger partial charge in [-0.3, -0.25) is 0 Å². The maximum absolute atomic E-state index is 6.15. The lowest BCUT2D eigenvalue weighted by atomic mass is 10.0. The molecule has 0 saturated heterocycles. The van der Waals surface area contributed by atoms with E-state index in [-0.39, 0.29) is 0 Å². The van der Waals surface area contributed by atoms with Crippen LogP contribution in [0.4, 0.5) is 0 Å². The molecule has 1 aliphatic heterocycles. The molecule has 0 aliphatic carbocycles. The van der Waals surface area contributed by atoms with E-state index in [2.05, 4.69) is 0 Å². The summed E-state index contributed by atoms with van der Waals surface area (Å²) in [6, 6.07) is 9.54. The Morgan fingerprint density at radius 1 is 0.875 bits per heavy atom. The summed E-state index contributed by atoms with van der Waals surface area (Å²) in [7, 11) is 6.45. The standard InChI is InChI=1S/C19H20O5/c1-20-13-7-5-6-12(10-13)15-9-8-14-16(21-2)11-17(22-3)19(23-4)18(14)24-15/h5-7,9-11H,8H2,1-4H3. The monoisotopic (exact) mass is 328 g/mol. The molecule has 5 nitrogen and oxygen atoms in total. The molecule has 0 amide bonds. The highest BCUT2D eigenvalue weighted by Crippen LogP contribution is 2.48. The van der Waals surface area contributed by atoms with Crippen molar-refractivity contribution in [3.8, 4) is 28.7 Å². The first-order chi connectivity index (χ1) is 11.7. The Balaban J connectivity index is 2.06. The van der Waals surface area contributed by atoms with Crippen molar-refractivity contribution in [2.75, 3.05) is 28.4 Å². The highest BCUT2D eigenvalue weighted by atomic mass is 16.5. The average Bonchev–Trinajstić information content (AvgIpc) is 2.66. The minimum Gasteiger partial charge on any atom is -0.497 e. The van der Waals surface area contributed by atoms with Gasteiger partial charge in [-0.1, -0.05) is 12.1 Å². The zero-order chi connectivity index (χ0) is 17.1. The Morgan fingerprint density at radius 2 is 1.67 bits per heavy atom. The Bertz CT molecular complexity index is 780. The molecule has 24 heavy (non-hydrogen) atoms. The predicted molar refractivity (Wildman–Crippen MR) is 91.4 cm³/mol. The third-order valence-electron chi connectivity index (χ3n) is 3.97. The number of ether oxygens (including phenoxy) is 5. The van der Waals surface area contributed by atoms with Gasteiger partial charge >= 0.3 is 0 Å². The number of hydrogen-bond donors (Lipinski definition) is 0. The normalized spacial score (nSPS) is 12.6. The Kier molecular flexibility index (Phi) is 4.51. The molecule has 0 unspecified atom stereocenters. The Labute approximate surface area is 141 Å². The van der Waals surface area contributed by atoms with E-state index in [0.717, 1.165) is 22.6 Å². The van der Waals surface area contributed by atoms with Crippen LogP contribution in [-0.2, 0) is 6.42 Å². The predicted octanol–water partition coefficient (Wildman–Crippen LogP) is 3.70. The van der Waals surface area contributed by atoms with Crippen molar-refractivity contribution in [2.45, 2.75) is 6.42 Å². The first-order valence-corrected chi connectivity index (χ1v) is 7.56. The van der Waals surface area contributed by atoms with Crippen molar-refractivity contribution in [3.05, 3.63) is 47.5 Å². The van der Waals surface area contributed by atoms with E-state index < -0.39 is 0 Å². The average molecular weight is 328 g/mol. The van der Waals surface area contributed by atoms with Gasteiger partial charge in [0.25, 0.3) is 0 Å². The molecule has 2 aromatic carbocycles. The van der Waals surface area contributed by atoms with E-state index in [4.69, 9.17) is 23.7 Å². The maximum atomic E-state index is 6.15. The SMILES string of the molecule is COc1cccc(C2=CCc3c(OC)cc(OC)c(OC)c3O2)c1. The van der Waals surface area contributed by atoms with Crippen LogP contribution in [0.15, 0.2) is 36.4 Å². The van der Waals surface area contributed by atoms with E-state index in [0.29, 0.717) is 29.4 Å². The number of rotatable bonds is 5. The van der Waals surface area contributed by atoms with Gasteiger partial charge in [-0.25, -0.2) is 0 Å². The molecule has 1 heterocycles. The largest absolute Gasteiger partial charge is 0.497 e. The lowest BCUT2D eigenvalue weighted by Crippen LogP contribution is -2.08. The van der Waals surface area contributed by atoms with Gasteiger partial charge in [0.15, 0.2) is 11.5 Å². The topological polar surface area (TPSA) is 46.2 Å². The van der Waals surface area contributed by atoms with Crippen LogP contribution >= 0.6 is 0 Å². The molecule has 0 saturated carbocycles. The third-order valence-corrected chi connectivity index (χ3v) is 3.97. The molecule has 126 valence electrons. The summed E-state index contributed by atoms with van der Waals surface area (Å²) >= 11 is 0. The molecule has 0 spiro atoms. The number of fused-ring (bicyclic) bond motifs is 1. The Hall–Kier alpha value is -2.82. The zero-order valence-electron chi connectivity index (χ0n) is 14.2. The van der Waals surface area contributed by atoms with Crippen LogP contribution in [0.3, 0.4) is 0 Å². The molecule has 0 N–H and O–H groups in total. The first kappa shape index (κ1) is 16.1. The quantitative estimate of drug-likeness (QED) is 0.837. The second kappa shape index (κ2) is 6.74. The number of methoxy groups -OCH3 is 4. The molecular weight excluding hydrogens is 308 g/mol. The van der Waals surface area contributed by atoms with E-state index >= 15 is 0 Å². The lowest BCUT2D eigenvalue weighted by Gasteiger charge is -2.24. The van der Waals surface area contributed by atoms with Gasteiger partial charge in [0, 0.05) is 23.6 Å². The molecule has 0 radical (unpaired) electrons. The summed E-state index contributed by atoms with van der Waals surface area (Å²) in [6.07, 6.45) is 2.69. The van der Waals surface area contributed by atoms with Crippen LogP contribution in [0.5, 0.6) is 28.7 Å². The molecule has 5 heteroatoms. The molecule has 0 bridgehead atoms. The van der Waals surface area contributed by atoms with Crippen LogP contribution in [0.2, 0.25) is 0 Å². The lowest BCUT2D eigenvalue weighted by molar-refractivity contribution is 0.329. The Morgan fingerprint density at radius 3 is 2.33 bits per heavy atom. The van der Waals surface area contributed by atoms with Crippen molar-refractivity contribution in [1.29, 1.82) is 0 Å². The zero-order valence-corrected chi connectivity index (χ0v) is 14.2. The molecule has 0 atom stereocenters. The molecule has 2 aromatic rings. The van der Waals surface area contributed by atoms with Gasteiger partial charge in [0.2, 0.25) is 5.75 Å². The fourth-order valence-electron chi connectivity index (χ4n) is 2.76. The van der Waals surface area contributed by atoms with Gasteiger partial charge in [-0.05, 0) is 18.2 Å². The van der Waals surface area contributed by atoms with Crippen molar-refractivity contribution in [2.24, 2.45) is 0 Å². The fraction of sp³-hybridized carbons (Fsp3) is 0.263. The molecule has 0 fully saturated rings. The van der Waals surface area contributed by atoms with Crippen molar-refractivity contribution >= 4 is 5.76 Å². The van der Waals surface area contributed by atoms with Gasteiger partial charge in [-0.15, -0.1) is 0 Å². The van der Waals surface area contributed by atoms with Gasteiger partial charge in [-0.2, -0.15) is 0 Å². The van der Waals surface area contributed by atoms with Gasteiger partial charge in [0.1, 0.15) is 17.3 Å². The van der Waals surface area contributed by atoms with E-state index in [9.17, 15) is 0 Å². The first-order valence-electron chi connectivity index (χ1n) is 7.56. The highest BCUT2D eigenvalue weighted by molar-refractivity contribution is 5.72. The van der Waals surface area contributed by atoms with Crippen LogP contribution < -0.4 is 23.7 Å². The van der Waals surface area contributed by atoms with E-state index in [1.54, 1.807) is 28.4 Å². The van der Waals surface area contributed by atoms with Crippen LogP contribution in [0.25, 0.3) is 5.76 Å². The van der Waals surface area contributed by atoms with Crippen molar-refractivity contribution in [1.82, 2.24) is 0 Å². The number of hydrogen-bond acceptors (Lipinski definition) is 5. The summed E-state index contributed by atoms with van der Waals surface area (Å²) in [5, 5.41) is 0. The van der Waals surface area contributed by atoms with Crippen LogP contribution in [-0.4, -0.2) is 28.4 Å². The minimum atomic E-state index is 0.557. The fourth-order valence-corrected chi connectivity index (χ4v) is 2.76. The summed E-state index contributed by atoms with van der Waals surface area (Å²) < 4.78 is 27.8. The summed E-state index contributed by atoms with van der Waals surface area (Å²) in [5.41, 5.74) is 1.87. The van der Waals surface area contributed by atoms with Crippen LogP contribution in [0, 0.1) is 0 Å². The third kappa shape index (κ3) is 2.73. The summed E-state index contributed by atoms with van der Waals surface area (Å²) in [4.78, 5) is 0. The molecule has 1 aliphatic rings. The number of benzene rings is 2. The van der Waals surface area contributed by atoms with Crippen molar-refractivity contribution < 1.29 is 23.7 Å². The van der Waals surface area contributed by atoms with E-state index in [1.807, 2.05) is 36.4 Å². The maximum Gasteiger partial charge on any atom is 0.204 e. The molecule has 3 rings (SSSR count). The van der Waals surface area contributed by atoms with Crippen molar-refractivity contribution in [3.63, 3.8) is 0 Å². The van der Waals surface area contributed by atoms with Crippen LogP contribution in [0.1, 0.15) is 11.1 Å². The summed E-state index contributed by atoms with van der Waals surface area (Å²) in [5.74, 6) is 3.98. The summed E-state index contributed by atoms with van der Waals surface area (Å²) in [6.45, 7) is 0. The van der Waals surface area contributed by atoms with Gasteiger partial charge in [0.05, 0.1) is 28.4 Å². The number of allylic oxidation sites excluding steroid dienone is 1. The highest BCUT2D eigenvalue weighted by Gasteiger charge is 2.26. The second-order valence-electron chi connectivity index (χ2n) is 5.23. The molecular formula is C19H20O5. The van der Waals surface area contributed by atoms with E-state index in [1.165, 1.54) is 0 Å². The van der Waals surface area contributed by atoms with Gasteiger partial charge < -0.3 is 23.7 Å². The second-order valence-corrected chi connectivity index (χ2v) is 5.23. The smallest absolute Gasteiger partial charge is 0.204 e. The molecule has 0 aromatic heterocycles. The minimum absolute atomic E-state index is 0.557.